The molecule has 0 radical (unpaired) electrons. The molecule has 1 aromatic heterocycles. The molecule has 0 saturated carbocycles. The minimum atomic E-state index is -0.433. The number of hydrogen-bond donors (Lipinski definition) is 1. The highest BCUT2D eigenvalue weighted by Crippen LogP contribution is 2.15. The summed E-state index contributed by atoms with van der Waals surface area (Å²) in [6.45, 7) is 2.53. The second-order valence-corrected chi connectivity index (χ2v) is 5.90. The van der Waals surface area contributed by atoms with Gasteiger partial charge < -0.3 is 5.32 Å². The van der Waals surface area contributed by atoms with Gasteiger partial charge in [-0.3, -0.25) is 9.48 Å². The van der Waals surface area contributed by atoms with E-state index < -0.39 is 5.91 Å². The van der Waals surface area contributed by atoms with Crippen molar-refractivity contribution in [3.8, 4) is 6.07 Å². The Hall–Kier alpha value is -3.65. The van der Waals surface area contributed by atoms with E-state index in [1.165, 1.54) is 0 Å². The van der Waals surface area contributed by atoms with Crippen molar-refractivity contribution in [2.24, 2.45) is 0 Å². The highest BCUT2D eigenvalue weighted by atomic mass is 16.1. The van der Waals surface area contributed by atoms with Gasteiger partial charge in [-0.2, -0.15) is 10.4 Å². The predicted molar refractivity (Wildman–Crippen MR) is 101 cm³/mol. The summed E-state index contributed by atoms with van der Waals surface area (Å²) in [5.74, 6) is -0.433. The molecule has 5 nitrogen and oxygen atoms in total. The molecule has 2 aromatic carbocycles. The van der Waals surface area contributed by atoms with E-state index in [4.69, 9.17) is 0 Å². The molecule has 1 amide bonds. The van der Waals surface area contributed by atoms with E-state index in [0.717, 1.165) is 11.1 Å². The van der Waals surface area contributed by atoms with Crippen LogP contribution in [0.4, 0.5) is 5.69 Å². The van der Waals surface area contributed by atoms with E-state index in [-0.39, 0.29) is 5.57 Å². The Labute approximate surface area is 152 Å². The first-order valence-corrected chi connectivity index (χ1v) is 8.21. The Bertz CT molecular complexity index is 981. The van der Waals surface area contributed by atoms with Crippen molar-refractivity contribution in [1.29, 1.82) is 5.26 Å². The van der Waals surface area contributed by atoms with Crippen LogP contribution in [0.25, 0.3) is 6.08 Å². The lowest BCUT2D eigenvalue weighted by Gasteiger charge is -2.06. The minimum absolute atomic E-state index is 0.0347. The number of nitrogens with zero attached hydrogens (tertiary/aromatic N) is 3. The number of para-hydroxylation sites is 1. The topological polar surface area (TPSA) is 70.7 Å². The van der Waals surface area contributed by atoms with Crippen LogP contribution in [0, 0.1) is 18.3 Å². The molecule has 1 N–H and O–H groups in total. The van der Waals surface area contributed by atoms with Crippen LogP contribution in [0.5, 0.6) is 0 Å². The molecule has 0 unspecified atom stereocenters. The van der Waals surface area contributed by atoms with Crippen LogP contribution in [0.2, 0.25) is 0 Å². The van der Waals surface area contributed by atoms with E-state index in [0.29, 0.717) is 17.8 Å². The van der Waals surface area contributed by atoms with E-state index in [9.17, 15) is 10.1 Å². The number of nitriles is 1. The molecule has 5 heteroatoms. The van der Waals surface area contributed by atoms with Crippen LogP contribution in [-0.4, -0.2) is 15.7 Å². The smallest absolute Gasteiger partial charge is 0.266 e. The van der Waals surface area contributed by atoms with E-state index in [2.05, 4.69) is 10.4 Å². The Balaban J connectivity index is 1.74. The lowest BCUT2D eigenvalue weighted by atomic mass is 10.1. The van der Waals surface area contributed by atoms with Crippen LogP contribution in [0.1, 0.15) is 16.7 Å². The predicted octanol–water partition coefficient (Wildman–Crippen LogP) is 3.79. The first-order chi connectivity index (χ1) is 12.7. The lowest BCUT2D eigenvalue weighted by molar-refractivity contribution is -0.112. The number of rotatable bonds is 5. The molecular formula is C21H18N4O. The number of carbonyl (C=O) groups excluding carboxylic acids is 1. The average Bonchev–Trinajstić information content (AvgIpc) is 3.09. The van der Waals surface area contributed by atoms with Gasteiger partial charge in [-0.25, -0.2) is 0 Å². The fraction of sp³-hybridized carbons (Fsp3) is 0.0952. The van der Waals surface area contributed by atoms with Crippen molar-refractivity contribution < 1.29 is 4.79 Å². The van der Waals surface area contributed by atoms with Crippen molar-refractivity contribution in [2.75, 3.05) is 5.32 Å². The number of anilines is 1. The summed E-state index contributed by atoms with van der Waals surface area (Å²) < 4.78 is 1.77. The number of hydrogen-bond acceptors (Lipinski definition) is 3. The Morgan fingerprint density at radius 3 is 2.65 bits per heavy atom. The number of carbonyl (C=O) groups is 1. The third-order valence-electron chi connectivity index (χ3n) is 3.91. The van der Waals surface area contributed by atoms with Crippen LogP contribution >= 0.6 is 0 Å². The molecule has 0 spiro atoms. The molecule has 0 saturated heterocycles. The molecule has 128 valence electrons. The standard InChI is InChI=1S/C21H18N4O/c1-16-7-5-6-10-20(16)24-21(26)19(12-22)11-18-13-23-25(15-18)14-17-8-3-2-4-9-17/h2-11,13,15H,14H2,1H3,(H,24,26)/b19-11+. The van der Waals surface area contributed by atoms with Crippen molar-refractivity contribution in [3.63, 3.8) is 0 Å². The summed E-state index contributed by atoms with van der Waals surface area (Å²) in [7, 11) is 0. The zero-order valence-corrected chi connectivity index (χ0v) is 14.4. The van der Waals surface area contributed by atoms with Gasteiger partial charge in [-0.15, -0.1) is 0 Å². The highest BCUT2D eigenvalue weighted by Gasteiger charge is 2.11. The maximum absolute atomic E-state index is 12.4. The molecule has 0 aliphatic rings. The largest absolute Gasteiger partial charge is 0.321 e. The summed E-state index contributed by atoms with van der Waals surface area (Å²) in [6.07, 6.45) is 4.99. The molecule has 1 heterocycles. The molecule has 3 aromatic rings. The summed E-state index contributed by atoms with van der Waals surface area (Å²) >= 11 is 0. The monoisotopic (exact) mass is 342 g/mol. The Morgan fingerprint density at radius 2 is 1.92 bits per heavy atom. The fourth-order valence-corrected chi connectivity index (χ4v) is 2.53. The van der Waals surface area contributed by atoms with Gasteiger partial charge in [0.15, 0.2) is 0 Å². The third-order valence-corrected chi connectivity index (χ3v) is 3.91. The molecular weight excluding hydrogens is 324 g/mol. The zero-order chi connectivity index (χ0) is 18.4. The molecule has 0 atom stereocenters. The maximum atomic E-state index is 12.4. The van der Waals surface area contributed by atoms with Crippen molar-refractivity contribution in [3.05, 3.63) is 89.3 Å². The van der Waals surface area contributed by atoms with Crippen molar-refractivity contribution >= 4 is 17.7 Å². The van der Waals surface area contributed by atoms with Gasteiger partial charge in [0.05, 0.1) is 12.7 Å². The highest BCUT2D eigenvalue weighted by molar-refractivity contribution is 6.09. The number of nitrogens with one attached hydrogen (secondary N) is 1. The molecule has 0 fully saturated rings. The number of aryl methyl sites for hydroxylation is 1. The van der Waals surface area contributed by atoms with Crippen molar-refractivity contribution in [1.82, 2.24) is 9.78 Å². The SMILES string of the molecule is Cc1ccccc1NC(=O)/C(C#N)=C/c1cnn(Cc2ccccc2)c1. The second kappa shape index (κ2) is 7.95. The van der Waals surface area contributed by atoms with Gasteiger partial charge in [0.1, 0.15) is 11.6 Å². The maximum Gasteiger partial charge on any atom is 0.266 e. The lowest BCUT2D eigenvalue weighted by Crippen LogP contribution is -2.14. The quantitative estimate of drug-likeness (QED) is 0.566. The van der Waals surface area contributed by atoms with Gasteiger partial charge in [-0.05, 0) is 30.2 Å². The molecule has 3 rings (SSSR count). The second-order valence-electron chi connectivity index (χ2n) is 5.90. The summed E-state index contributed by atoms with van der Waals surface area (Å²) in [5, 5.41) is 16.4. The van der Waals surface area contributed by atoms with Crippen LogP contribution in [-0.2, 0) is 11.3 Å². The van der Waals surface area contributed by atoms with Crippen molar-refractivity contribution in [2.45, 2.75) is 13.5 Å². The first kappa shape index (κ1) is 17.2. The third kappa shape index (κ3) is 4.25. The Morgan fingerprint density at radius 1 is 1.19 bits per heavy atom. The van der Waals surface area contributed by atoms with E-state index in [1.54, 1.807) is 23.0 Å². The molecule has 26 heavy (non-hydrogen) atoms. The Kier molecular flexibility index (Phi) is 5.25. The molecule has 0 aliphatic carbocycles. The van der Waals surface area contributed by atoms with Crippen LogP contribution < -0.4 is 5.32 Å². The minimum Gasteiger partial charge on any atom is -0.321 e. The van der Waals surface area contributed by atoms with Gasteiger partial charge >= 0.3 is 0 Å². The van der Waals surface area contributed by atoms with Gasteiger partial charge in [0.2, 0.25) is 0 Å². The average molecular weight is 342 g/mol. The summed E-state index contributed by atoms with van der Waals surface area (Å²) in [4.78, 5) is 12.4. The van der Waals surface area contributed by atoms with Gasteiger partial charge in [0.25, 0.3) is 5.91 Å². The molecule has 0 aliphatic heterocycles. The molecule has 0 bridgehead atoms. The fourth-order valence-electron chi connectivity index (χ4n) is 2.53. The van der Waals surface area contributed by atoms with Crippen LogP contribution in [0.15, 0.2) is 72.6 Å². The van der Waals surface area contributed by atoms with Gasteiger partial charge in [-0.1, -0.05) is 48.5 Å². The number of aromatic nitrogens is 2. The van der Waals surface area contributed by atoms with Gasteiger partial charge in [0, 0.05) is 17.4 Å². The number of amides is 1. The van der Waals surface area contributed by atoms with Crippen LogP contribution in [0.3, 0.4) is 0 Å². The summed E-state index contributed by atoms with van der Waals surface area (Å²) in [6, 6.07) is 19.4. The van der Waals surface area contributed by atoms with E-state index >= 15 is 0 Å². The zero-order valence-electron chi connectivity index (χ0n) is 14.4. The first-order valence-electron chi connectivity index (χ1n) is 8.21. The number of benzene rings is 2. The van der Waals surface area contributed by atoms with E-state index in [1.807, 2.05) is 67.7 Å². The normalized spacial score (nSPS) is 11.0. The summed E-state index contributed by atoms with van der Waals surface area (Å²) in [5.41, 5.74) is 3.50.